The third kappa shape index (κ3) is 12.4. The van der Waals surface area contributed by atoms with Crippen molar-refractivity contribution in [3.8, 4) is 0 Å². The maximum Gasteiger partial charge on any atom is 0.317 e. The number of carbonyl (C=O) groups is 7. The van der Waals surface area contributed by atoms with E-state index >= 15 is 0 Å². The highest BCUT2D eigenvalue weighted by molar-refractivity contribution is 5.80. The van der Waals surface area contributed by atoms with Gasteiger partial charge in [-0.3, -0.25) is 43.4 Å². The van der Waals surface area contributed by atoms with Gasteiger partial charge in [0.2, 0.25) is 0 Å². The van der Waals surface area contributed by atoms with Crippen LogP contribution < -0.4 is 16.4 Å². The normalized spacial score (nSPS) is 11.9. The van der Waals surface area contributed by atoms with Gasteiger partial charge in [-0.15, -0.1) is 0 Å². The van der Waals surface area contributed by atoms with Gasteiger partial charge >= 0.3 is 41.8 Å². The Morgan fingerprint density at radius 2 is 0.805 bits per heavy atom. The monoisotopic (exact) mass is 595 g/mol. The Morgan fingerprint density at radius 3 is 1.12 bits per heavy atom. The van der Waals surface area contributed by atoms with Crippen LogP contribution >= 0.6 is 0 Å². The highest BCUT2D eigenvalue weighted by Crippen LogP contribution is 2.45. The summed E-state index contributed by atoms with van der Waals surface area (Å²) in [5.41, 5.74) is -0.277. The van der Waals surface area contributed by atoms with Gasteiger partial charge in [0.05, 0.1) is 56.4 Å². The highest BCUT2D eigenvalue weighted by Gasteiger charge is 2.62. The Balaban J connectivity index is 7.50. The molecule has 0 aliphatic carbocycles. The van der Waals surface area contributed by atoms with Crippen molar-refractivity contribution in [2.45, 2.75) is 36.8 Å². The lowest BCUT2D eigenvalue weighted by molar-refractivity contribution is -0.177. The van der Waals surface area contributed by atoms with Gasteiger partial charge < -0.3 is 52.1 Å². The summed E-state index contributed by atoms with van der Waals surface area (Å²) in [6, 6.07) is 0. The zero-order valence-corrected chi connectivity index (χ0v) is 22.2. The number of nitrogens with zero attached hydrogens (tertiary/aromatic N) is 2. The Morgan fingerprint density at radius 1 is 0.488 bits per heavy atom. The summed E-state index contributed by atoms with van der Waals surface area (Å²) in [6.45, 7) is -2.99. The summed E-state index contributed by atoms with van der Waals surface area (Å²) in [5.74, 6) is -12.5. The van der Waals surface area contributed by atoms with Crippen molar-refractivity contribution in [2.75, 3.05) is 58.9 Å². The number of aliphatic carboxylic acids is 7. The Hall–Kier alpha value is -3.91. The van der Waals surface area contributed by atoms with Crippen LogP contribution in [0.4, 0.5) is 0 Å². The van der Waals surface area contributed by atoms with Crippen molar-refractivity contribution in [2.24, 2.45) is 5.73 Å². The molecule has 0 unspecified atom stereocenters. The fourth-order valence-electron chi connectivity index (χ4n) is 4.86. The second kappa shape index (κ2) is 17.7. The molecule has 19 heteroatoms. The van der Waals surface area contributed by atoms with E-state index in [9.17, 15) is 69.3 Å². The van der Waals surface area contributed by atoms with E-state index in [-0.39, 0.29) is 13.1 Å². The summed E-state index contributed by atoms with van der Waals surface area (Å²) < 4.78 is 0. The van der Waals surface area contributed by atoms with Crippen molar-refractivity contribution in [3.63, 3.8) is 0 Å². The fraction of sp³-hybridized carbons (Fsp3) is 0.682. The molecule has 0 spiro atoms. The van der Waals surface area contributed by atoms with Crippen molar-refractivity contribution in [3.05, 3.63) is 0 Å². The molecule has 0 aromatic heterocycles. The first-order valence-corrected chi connectivity index (χ1v) is 12.2. The van der Waals surface area contributed by atoms with Crippen LogP contribution in [0, 0.1) is 0 Å². The number of rotatable bonds is 25. The van der Waals surface area contributed by atoms with Gasteiger partial charge in [-0.05, 0) is 0 Å². The summed E-state index contributed by atoms with van der Waals surface area (Å²) in [7, 11) is 0. The van der Waals surface area contributed by atoms with Crippen molar-refractivity contribution < 1.29 is 69.3 Å². The first kappa shape index (κ1) is 37.1. The molecule has 0 rings (SSSR count). The van der Waals surface area contributed by atoms with Gasteiger partial charge in [0.25, 0.3) is 0 Å². The summed E-state index contributed by atoms with van der Waals surface area (Å²) in [4.78, 5) is 85.2. The van der Waals surface area contributed by atoms with Gasteiger partial charge in [-0.1, -0.05) is 0 Å². The molecule has 0 saturated heterocycles. The summed E-state index contributed by atoms with van der Waals surface area (Å²) in [5, 5.41) is 73.9. The second-order valence-electron chi connectivity index (χ2n) is 9.09. The average molecular weight is 596 g/mol. The molecule has 41 heavy (non-hydrogen) atoms. The van der Waals surface area contributed by atoms with Gasteiger partial charge in [-0.2, -0.15) is 0 Å². The van der Waals surface area contributed by atoms with Gasteiger partial charge in [0.15, 0.2) is 0 Å². The molecule has 0 heterocycles. The zero-order chi connectivity index (χ0) is 31.8. The van der Waals surface area contributed by atoms with Crippen LogP contribution in [0.5, 0.6) is 0 Å². The molecule has 0 bridgehead atoms. The van der Waals surface area contributed by atoms with Crippen LogP contribution in [0.25, 0.3) is 0 Å². The lowest BCUT2D eigenvalue weighted by Gasteiger charge is -2.57. The molecule has 0 radical (unpaired) electrons. The third-order valence-electron chi connectivity index (χ3n) is 6.19. The molecular formula is C22H37N5O14. The minimum Gasteiger partial charge on any atom is -0.481 e. The van der Waals surface area contributed by atoms with Gasteiger partial charge in [0, 0.05) is 39.3 Å². The minimum atomic E-state index is -2.88. The van der Waals surface area contributed by atoms with Crippen LogP contribution in [0.2, 0.25) is 0 Å². The molecule has 0 aromatic carbocycles. The Kier molecular flexibility index (Phi) is 16.0. The highest BCUT2D eigenvalue weighted by atomic mass is 16.4. The lowest BCUT2D eigenvalue weighted by Crippen LogP contribution is -2.75. The number of carboxylic acids is 7. The van der Waals surface area contributed by atoms with E-state index in [2.05, 4.69) is 10.6 Å². The SMILES string of the molecule is NCCNCCNCCN(CC(=O)O)C(CC(=O)O)(CC(=O)O)C(CC(=O)O)(CC(=O)O)N(CC(=O)O)CC(=O)O. The topological polar surface area (TPSA) is 318 Å². The van der Waals surface area contributed by atoms with Gasteiger partial charge in [-0.25, -0.2) is 0 Å². The van der Waals surface area contributed by atoms with E-state index < -0.39 is 105 Å². The van der Waals surface area contributed by atoms with Crippen LogP contribution in [0.1, 0.15) is 25.7 Å². The molecule has 0 aromatic rings. The molecule has 0 amide bonds. The Bertz CT molecular complexity index is 911. The quantitative estimate of drug-likeness (QED) is 0.0455. The number of carboxylic acid groups (broad SMARTS) is 7. The van der Waals surface area contributed by atoms with E-state index in [4.69, 9.17) is 5.73 Å². The smallest absolute Gasteiger partial charge is 0.317 e. The van der Waals surface area contributed by atoms with E-state index in [0.717, 1.165) is 4.90 Å². The number of nitrogens with two attached hydrogens (primary N) is 1. The number of nitrogens with one attached hydrogen (secondary N) is 2. The first-order chi connectivity index (χ1) is 19.0. The molecule has 234 valence electrons. The standard InChI is InChI=1S/C22H37N5O14/c23-1-2-24-3-4-25-5-6-26(11-18(36)37)21(7-14(28)29,8-15(30)31)22(9-16(32)33,10-17(34)35)27(12-19(38)39)13-20(40)41/h24-25H,1-13,23H2,(H,28,29)(H,30,31)(H,32,33)(H,34,35)(H,36,37)(H,38,39)(H,40,41). The zero-order valence-electron chi connectivity index (χ0n) is 22.2. The predicted octanol–water partition coefficient (Wildman–Crippen LogP) is -3.64. The van der Waals surface area contributed by atoms with Crippen LogP contribution in [0.15, 0.2) is 0 Å². The maximum atomic E-state index is 12.2. The number of hydrogen-bond donors (Lipinski definition) is 10. The van der Waals surface area contributed by atoms with Crippen molar-refractivity contribution >= 4 is 41.8 Å². The van der Waals surface area contributed by atoms with Crippen LogP contribution in [0.3, 0.4) is 0 Å². The van der Waals surface area contributed by atoms with E-state index in [0.29, 0.717) is 24.5 Å². The largest absolute Gasteiger partial charge is 0.481 e. The van der Waals surface area contributed by atoms with Gasteiger partial charge in [0.1, 0.15) is 0 Å². The molecule has 0 saturated carbocycles. The van der Waals surface area contributed by atoms with Crippen molar-refractivity contribution in [1.82, 2.24) is 20.4 Å². The van der Waals surface area contributed by atoms with Crippen LogP contribution in [-0.2, 0) is 33.6 Å². The molecule has 0 aliphatic rings. The molecule has 0 fully saturated rings. The molecule has 0 aliphatic heterocycles. The van der Waals surface area contributed by atoms with Crippen molar-refractivity contribution in [1.29, 1.82) is 0 Å². The van der Waals surface area contributed by atoms with E-state index in [1.165, 1.54) is 0 Å². The molecule has 0 atom stereocenters. The first-order valence-electron chi connectivity index (χ1n) is 12.2. The predicted molar refractivity (Wildman–Crippen MR) is 135 cm³/mol. The molecule has 11 N–H and O–H groups in total. The van der Waals surface area contributed by atoms with E-state index in [1.807, 2.05) is 0 Å². The van der Waals surface area contributed by atoms with Crippen LogP contribution in [-0.4, -0.2) is 157 Å². The summed E-state index contributed by atoms with van der Waals surface area (Å²) in [6.07, 6.45) is -5.68. The van der Waals surface area contributed by atoms with E-state index in [1.54, 1.807) is 0 Å². The molecule has 19 nitrogen and oxygen atoms in total. The lowest BCUT2D eigenvalue weighted by atomic mass is 9.65. The average Bonchev–Trinajstić information content (AvgIpc) is 2.79. The number of hydrogen-bond acceptors (Lipinski definition) is 12. The second-order valence-corrected chi connectivity index (χ2v) is 9.09. The fourth-order valence-corrected chi connectivity index (χ4v) is 4.86. The Labute approximate surface area is 233 Å². The summed E-state index contributed by atoms with van der Waals surface area (Å²) >= 11 is 0. The minimum absolute atomic E-state index is 0.146. The molecular weight excluding hydrogens is 558 g/mol. The third-order valence-corrected chi connectivity index (χ3v) is 6.19. The maximum absolute atomic E-state index is 12.2.